The average Bonchev–Trinajstić information content (AvgIpc) is 3.12. The molecule has 30 heavy (non-hydrogen) atoms. The van der Waals surface area contributed by atoms with Gasteiger partial charge in [0.2, 0.25) is 0 Å². The number of aromatic nitrogens is 4. The van der Waals surface area contributed by atoms with Crippen molar-refractivity contribution in [3.63, 3.8) is 0 Å². The van der Waals surface area contributed by atoms with Gasteiger partial charge in [-0.05, 0) is 35.9 Å². The second-order valence-corrected chi connectivity index (χ2v) is 6.72. The first kappa shape index (κ1) is 19.7. The lowest BCUT2D eigenvalue weighted by atomic mass is 10.1. The fraction of sp³-hybridized carbons (Fsp3) is 0.0526. The van der Waals surface area contributed by atoms with Crippen LogP contribution in [0.25, 0.3) is 16.7 Å². The number of carbonyl (C=O) groups excluding carboxylic acids is 1. The van der Waals surface area contributed by atoms with E-state index < -0.39 is 23.6 Å². The maximum atomic E-state index is 13.3. The Bertz CT molecular complexity index is 1260. The molecule has 1 amide bonds. The molecule has 0 radical (unpaired) electrons. The second-order valence-electron chi connectivity index (χ2n) is 6.31. The Morgan fingerprint density at radius 2 is 1.90 bits per heavy atom. The van der Waals surface area contributed by atoms with Gasteiger partial charge in [0.05, 0.1) is 16.9 Å². The van der Waals surface area contributed by atoms with Crippen molar-refractivity contribution in [1.82, 2.24) is 19.7 Å². The van der Waals surface area contributed by atoms with Crippen molar-refractivity contribution in [2.24, 2.45) is 0 Å². The molecule has 0 aliphatic carbocycles. The number of rotatable bonds is 4. The molecule has 0 spiro atoms. The molecular formula is C19H13ClF2N6O2. The average molecular weight is 431 g/mol. The molecule has 0 bridgehead atoms. The number of anilines is 2. The Hall–Kier alpha value is -3.63. The van der Waals surface area contributed by atoms with Crippen molar-refractivity contribution in [2.45, 2.75) is 6.10 Å². The maximum Gasteiger partial charge on any atom is 0.257 e. The summed E-state index contributed by atoms with van der Waals surface area (Å²) in [5.74, 6) is -2.47. The lowest BCUT2D eigenvalue weighted by molar-refractivity contribution is -0.124. The van der Waals surface area contributed by atoms with Crippen molar-refractivity contribution >= 4 is 40.0 Å². The molecule has 8 nitrogen and oxygen atoms in total. The lowest BCUT2D eigenvalue weighted by Crippen LogP contribution is -2.21. The molecule has 2 aromatic heterocycles. The van der Waals surface area contributed by atoms with Gasteiger partial charge in [-0.2, -0.15) is 5.10 Å². The second kappa shape index (κ2) is 7.65. The van der Waals surface area contributed by atoms with Crippen LogP contribution in [0.2, 0.25) is 5.02 Å². The Labute approximate surface area is 172 Å². The standard InChI is InChI=1S/C19H13ClF2N6O2/c20-13-6-12(27-19(30)17(29)9-3-10(21)5-11(22)4-9)1-2-15(13)28-16-14(7-26-28)24-8-25-18(16)23/h1-8,17,29H,(H,27,30)(H2,23,24,25)/t17-/m1/s1. The molecule has 4 rings (SSSR count). The quantitative estimate of drug-likeness (QED) is 0.458. The molecular weight excluding hydrogens is 418 g/mol. The highest BCUT2D eigenvalue weighted by atomic mass is 35.5. The molecule has 2 aromatic carbocycles. The van der Waals surface area contributed by atoms with E-state index >= 15 is 0 Å². The van der Waals surface area contributed by atoms with Gasteiger partial charge < -0.3 is 16.2 Å². The van der Waals surface area contributed by atoms with Crippen LogP contribution in [0.15, 0.2) is 48.9 Å². The summed E-state index contributed by atoms with van der Waals surface area (Å²) in [5.41, 5.74) is 7.40. The number of nitrogens with one attached hydrogen (secondary N) is 1. The van der Waals surface area contributed by atoms with E-state index in [1.807, 2.05) is 0 Å². The number of aliphatic hydroxyl groups is 1. The molecule has 0 saturated carbocycles. The van der Waals surface area contributed by atoms with E-state index in [0.717, 1.165) is 12.1 Å². The zero-order valence-corrected chi connectivity index (χ0v) is 15.8. The van der Waals surface area contributed by atoms with E-state index in [2.05, 4.69) is 20.4 Å². The molecule has 0 saturated heterocycles. The minimum atomic E-state index is -1.78. The minimum absolute atomic E-state index is 0.215. The number of nitrogens with zero attached hydrogens (tertiary/aromatic N) is 4. The van der Waals surface area contributed by atoms with E-state index in [1.165, 1.54) is 29.3 Å². The van der Waals surface area contributed by atoms with Gasteiger partial charge in [-0.25, -0.2) is 23.4 Å². The predicted octanol–water partition coefficient (Wildman–Crippen LogP) is 3.00. The lowest BCUT2D eigenvalue weighted by Gasteiger charge is -2.13. The number of nitrogen functional groups attached to an aromatic ring is 1. The molecule has 4 N–H and O–H groups in total. The van der Waals surface area contributed by atoms with Gasteiger partial charge in [-0.1, -0.05) is 11.6 Å². The Morgan fingerprint density at radius 3 is 2.60 bits per heavy atom. The van der Waals surface area contributed by atoms with Crippen LogP contribution >= 0.6 is 11.6 Å². The van der Waals surface area contributed by atoms with E-state index in [-0.39, 0.29) is 22.1 Å². The summed E-state index contributed by atoms with van der Waals surface area (Å²) in [5, 5.41) is 17.0. The highest BCUT2D eigenvalue weighted by molar-refractivity contribution is 6.32. The van der Waals surface area contributed by atoms with Gasteiger partial charge in [0, 0.05) is 11.8 Å². The van der Waals surface area contributed by atoms with Crippen LogP contribution in [-0.4, -0.2) is 30.8 Å². The van der Waals surface area contributed by atoms with Gasteiger partial charge in [-0.3, -0.25) is 4.79 Å². The van der Waals surface area contributed by atoms with Gasteiger partial charge >= 0.3 is 0 Å². The summed E-state index contributed by atoms with van der Waals surface area (Å²) >= 11 is 6.34. The van der Waals surface area contributed by atoms with Crippen LogP contribution in [0.4, 0.5) is 20.3 Å². The molecule has 4 aromatic rings. The van der Waals surface area contributed by atoms with Gasteiger partial charge in [-0.15, -0.1) is 0 Å². The third-order valence-electron chi connectivity index (χ3n) is 4.28. The van der Waals surface area contributed by atoms with Crippen LogP contribution < -0.4 is 11.1 Å². The fourth-order valence-electron chi connectivity index (χ4n) is 2.92. The number of nitrogens with two attached hydrogens (primary N) is 1. The number of aliphatic hydroxyl groups excluding tert-OH is 1. The zero-order chi connectivity index (χ0) is 21.4. The molecule has 0 aliphatic heterocycles. The van der Waals surface area contributed by atoms with E-state index in [1.54, 1.807) is 6.07 Å². The number of halogens is 3. The zero-order valence-electron chi connectivity index (χ0n) is 15.1. The number of fused-ring (bicyclic) bond motifs is 1. The highest BCUT2D eigenvalue weighted by Gasteiger charge is 2.20. The van der Waals surface area contributed by atoms with E-state index in [4.69, 9.17) is 17.3 Å². The molecule has 11 heteroatoms. The minimum Gasteiger partial charge on any atom is -0.382 e. The first-order chi connectivity index (χ1) is 14.3. The van der Waals surface area contributed by atoms with Crippen molar-refractivity contribution in [3.05, 3.63) is 71.1 Å². The third-order valence-corrected chi connectivity index (χ3v) is 4.58. The molecule has 2 heterocycles. The largest absolute Gasteiger partial charge is 0.382 e. The van der Waals surface area contributed by atoms with Crippen LogP contribution in [-0.2, 0) is 4.79 Å². The van der Waals surface area contributed by atoms with Crippen molar-refractivity contribution in [3.8, 4) is 5.69 Å². The Kier molecular flexibility index (Phi) is 5.02. The van der Waals surface area contributed by atoms with Crippen LogP contribution in [0.1, 0.15) is 11.7 Å². The molecule has 0 unspecified atom stereocenters. The van der Waals surface area contributed by atoms with E-state index in [0.29, 0.717) is 22.8 Å². The molecule has 0 aliphatic rings. The predicted molar refractivity (Wildman–Crippen MR) is 106 cm³/mol. The van der Waals surface area contributed by atoms with Crippen molar-refractivity contribution in [2.75, 3.05) is 11.1 Å². The van der Waals surface area contributed by atoms with Gasteiger partial charge in [0.1, 0.15) is 29.0 Å². The number of benzene rings is 2. The maximum absolute atomic E-state index is 13.3. The van der Waals surface area contributed by atoms with Gasteiger partial charge in [0.15, 0.2) is 11.9 Å². The molecule has 0 fully saturated rings. The highest BCUT2D eigenvalue weighted by Crippen LogP contribution is 2.28. The van der Waals surface area contributed by atoms with Crippen molar-refractivity contribution < 1.29 is 18.7 Å². The van der Waals surface area contributed by atoms with Crippen molar-refractivity contribution in [1.29, 1.82) is 0 Å². The topological polar surface area (TPSA) is 119 Å². The Balaban J connectivity index is 1.59. The van der Waals surface area contributed by atoms with E-state index in [9.17, 15) is 18.7 Å². The summed E-state index contributed by atoms with van der Waals surface area (Å²) in [7, 11) is 0. The smallest absolute Gasteiger partial charge is 0.257 e. The number of amides is 1. The summed E-state index contributed by atoms with van der Waals surface area (Å²) in [4.78, 5) is 20.3. The normalized spacial score (nSPS) is 12.1. The third kappa shape index (κ3) is 3.65. The Morgan fingerprint density at radius 1 is 1.17 bits per heavy atom. The number of hydrogen-bond donors (Lipinski definition) is 3. The number of hydrogen-bond acceptors (Lipinski definition) is 6. The summed E-state index contributed by atoms with van der Waals surface area (Å²) in [6.45, 7) is 0. The first-order valence-corrected chi connectivity index (χ1v) is 8.90. The van der Waals surface area contributed by atoms with Gasteiger partial charge in [0.25, 0.3) is 5.91 Å². The molecule has 152 valence electrons. The molecule has 1 atom stereocenters. The monoisotopic (exact) mass is 430 g/mol. The van der Waals surface area contributed by atoms with Crippen LogP contribution in [0, 0.1) is 11.6 Å². The number of carbonyl (C=O) groups is 1. The summed E-state index contributed by atoms with van der Waals surface area (Å²) in [6.07, 6.45) is 1.05. The first-order valence-electron chi connectivity index (χ1n) is 8.52. The summed E-state index contributed by atoms with van der Waals surface area (Å²) in [6, 6.07) is 6.92. The fourth-order valence-corrected chi connectivity index (χ4v) is 3.18. The van der Waals surface area contributed by atoms with Crippen LogP contribution in [0.3, 0.4) is 0 Å². The SMILES string of the molecule is Nc1ncnc2cnn(-c3ccc(NC(=O)[C@H](O)c4cc(F)cc(F)c4)cc3Cl)c12. The summed E-state index contributed by atoms with van der Waals surface area (Å²) < 4.78 is 28.1. The van der Waals surface area contributed by atoms with Crippen LogP contribution in [0.5, 0.6) is 0 Å².